The first kappa shape index (κ1) is 17.7. The van der Waals surface area contributed by atoms with Crippen LogP contribution in [0, 0.1) is 5.92 Å². The van der Waals surface area contributed by atoms with Crippen LogP contribution in [-0.4, -0.2) is 61.5 Å². The number of aliphatic carboxylic acids is 1. The molecule has 0 aromatic heterocycles. The molecular formula is C12H21NO7S. The van der Waals surface area contributed by atoms with Crippen molar-refractivity contribution in [2.24, 2.45) is 5.92 Å². The van der Waals surface area contributed by atoms with Crippen LogP contribution in [0.3, 0.4) is 0 Å². The maximum Gasteiger partial charge on any atom is 0.411 e. The zero-order valence-corrected chi connectivity index (χ0v) is 13.3. The Balaban J connectivity index is 2.74. The standard InChI is InChI=1S/C12H21NO7S/c1-12(2,3)20-11(16)13-6-8(5-9(13)10(14)15)7-19-21(4,17)18/h8-9H,5-7H2,1-4H3,(H,14,15). The summed E-state index contributed by atoms with van der Waals surface area (Å²) in [4.78, 5) is 24.3. The lowest BCUT2D eigenvalue weighted by molar-refractivity contribution is -0.142. The van der Waals surface area contributed by atoms with Gasteiger partial charge in [-0.15, -0.1) is 0 Å². The van der Waals surface area contributed by atoms with E-state index in [1.807, 2.05) is 0 Å². The molecule has 9 heteroatoms. The molecule has 21 heavy (non-hydrogen) atoms. The molecular weight excluding hydrogens is 302 g/mol. The van der Waals surface area contributed by atoms with E-state index in [9.17, 15) is 18.0 Å². The Morgan fingerprint density at radius 3 is 2.33 bits per heavy atom. The van der Waals surface area contributed by atoms with E-state index in [0.29, 0.717) is 0 Å². The highest BCUT2D eigenvalue weighted by molar-refractivity contribution is 7.85. The number of carbonyl (C=O) groups is 2. The molecule has 1 aliphatic heterocycles. The van der Waals surface area contributed by atoms with Crippen molar-refractivity contribution in [1.82, 2.24) is 4.90 Å². The first-order valence-electron chi connectivity index (χ1n) is 6.46. The highest BCUT2D eigenvalue weighted by Gasteiger charge is 2.41. The number of hydrogen-bond acceptors (Lipinski definition) is 6. The third kappa shape index (κ3) is 5.88. The van der Waals surface area contributed by atoms with Gasteiger partial charge in [-0.05, 0) is 27.2 Å². The lowest BCUT2D eigenvalue weighted by Crippen LogP contribution is -2.43. The Bertz CT molecular complexity index is 508. The second-order valence-corrected chi connectivity index (χ2v) is 7.72. The molecule has 122 valence electrons. The van der Waals surface area contributed by atoms with Gasteiger partial charge >= 0.3 is 12.1 Å². The number of carbonyl (C=O) groups excluding carboxylic acids is 1. The second kappa shape index (κ2) is 6.18. The van der Waals surface area contributed by atoms with Crippen molar-refractivity contribution in [3.05, 3.63) is 0 Å². The fourth-order valence-corrected chi connectivity index (χ4v) is 2.46. The number of carboxylic acid groups (broad SMARTS) is 1. The minimum absolute atomic E-state index is 0.0847. The van der Waals surface area contributed by atoms with Gasteiger partial charge in [0.05, 0.1) is 12.9 Å². The summed E-state index contributed by atoms with van der Waals surface area (Å²) >= 11 is 0. The van der Waals surface area contributed by atoms with Crippen LogP contribution in [-0.2, 0) is 23.8 Å². The minimum atomic E-state index is -3.60. The van der Waals surface area contributed by atoms with E-state index >= 15 is 0 Å². The number of carboxylic acids is 1. The van der Waals surface area contributed by atoms with Gasteiger partial charge < -0.3 is 9.84 Å². The van der Waals surface area contributed by atoms with Crippen LogP contribution in [0.5, 0.6) is 0 Å². The molecule has 0 radical (unpaired) electrons. The van der Waals surface area contributed by atoms with Crippen LogP contribution in [0.4, 0.5) is 4.79 Å². The first-order chi connectivity index (χ1) is 9.39. The van der Waals surface area contributed by atoms with Gasteiger partial charge in [-0.1, -0.05) is 0 Å². The third-order valence-electron chi connectivity index (χ3n) is 2.82. The molecule has 2 unspecified atom stereocenters. The van der Waals surface area contributed by atoms with Gasteiger partial charge in [-0.25, -0.2) is 9.59 Å². The molecule has 2 atom stereocenters. The van der Waals surface area contributed by atoms with E-state index in [-0.39, 0.29) is 25.5 Å². The van der Waals surface area contributed by atoms with E-state index in [1.165, 1.54) is 0 Å². The lowest BCUT2D eigenvalue weighted by atomic mass is 10.1. The van der Waals surface area contributed by atoms with Crippen molar-refractivity contribution in [3.8, 4) is 0 Å². The number of hydrogen-bond donors (Lipinski definition) is 1. The summed E-state index contributed by atoms with van der Waals surface area (Å²) in [5.74, 6) is -1.52. The molecule has 1 aliphatic rings. The minimum Gasteiger partial charge on any atom is -0.480 e. The number of likely N-dealkylation sites (tertiary alicyclic amines) is 1. The Morgan fingerprint density at radius 2 is 1.90 bits per heavy atom. The van der Waals surface area contributed by atoms with Gasteiger partial charge in [0.1, 0.15) is 11.6 Å². The predicted octanol–water partition coefficient (Wildman–Crippen LogP) is 0.673. The van der Waals surface area contributed by atoms with Gasteiger partial charge in [0, 0.05) is 12.5 Å². The van der Waals surface area contributed by atoms with E-state index in [2.05, 4.69) is 4.18 Å². The van der Waals surface area contributed by atoms with E-state index in [0.717, 1.165) is 11.2 Å². The van der Waals surface area contributed by atoms with Crippen LogP contribution in [0.15, 0.2) is 0 Å². The molecule has 1 rings (SSSR count). The topological polar surface area (TPSA) is 110 Å². The average molecular weight is 323 g/mol. The van der Waals surface area contributed by atoms with Gasteiger partial charge in [0.15, 0.2) is 0 Å². The van der Waals surface area contributed by atoms with E-state index in [1.54, 1.807) is 20.8 Å². The van der Waals surface area contributed by atoms with Crippen LogP contribution in [0.25, 0.3) is 0 Å². The molecule has 1 fully saturated rings. The van der Waals surface area contributed by atoms with E-state index < -0.39 is 33.8 Å². The van der Waals surface area contributed by atoms with Gasteiger partial charge in [-0.3, -0.25) is 9.08 Å². The monoisotopic (exact) mass is 323 g/mol. The summed E-state index contributed by atoms with van der Waals surface area (Å²) in [6.07, 6.45) is 0.323. The van der Waals surface area contributed by atoms with Gasteiger partial charge in [0.25, 0.3) is 10.1 Å². The van der Waals surface area contributed by atoms with Crippen molar-refractivity contribution in [2.75, 3.05) is 19.4 Å². The maximum atomic E-state index is 12.0. The van der Waals surface area contributed by atoms with Crippen LogP contribution >= 0.6 is 0 Å². The van der Waals surface area contributed by atoms with E-state index in [4.69, 9.17) is 9.84 Å². The Kier molecular flexibility index (Phi) is 5.21. The average Bonchev–Trinajstić information content (AvgIpc) is 2.67. The molecule has 8 nitrogen and oxygen atoms in total. The molecule has 0 aromatic rings. The zero-order chi connectivity index (χ0) is 16.4. The number of amides is 1. The molecule has 0 saturated carbocycles. The number of rotatable bonds is 4. The Morgan fingerprint density at radius 1 is 1.33 bits per heavy atom. The van der Waals surface area contributed by atoms with Crippen LogP contribution in [0.2, 0.25) is 0 Å². The van der Waals surface area contributed by atoms with Crippen LogP contribution in [0.1, 0.15) is 27.2 Å². The summed E-state index contributed by atoms with van der Waals surface area (Å²) in [7, 11) is -3.60. The molecule has 1 saturated heterocycles. The molecule has 0 bridgehead atoms. The molecule has 0 aliphatic carbocycles. The fourth-order valence-electron chi connectivity index (χ4n) is 2.02. The Labute approximate surface area is 124 Å². The molecule has 0 spiro atoms. The van der Waals surface area contributed by atoms with Crippen molar-refractivity contribution in [3.63, 3.8) is 0 Å². The second-order valence-electron chi connectivity index (χ2n) is 6.08. The third-order valence-corrected chi connectivity index (χ3v) is 3.38. The SMILES string of the molecule is CC(C)(C)OC(=O)N1CC(COS(C)(=O)=O)CC1C(=O)O. The summed E-state index contributed by atoms with van der Waals surface area (Å²) in [5, 5.41) is 9.17. The van der Waals surface area contributed by atoms with Crippen molar-refractivity contribution in [2.45, 2.75) is 38.8 Å². The normalized spacial score (nSPS) is 23.1. The summed E-state index contributed by atoms with van der Waals surface area (Å²) in [6, 6.07) is -1.03. The summed E-state index contributed by atoms with van der Waals surface area (Å²) in [5.41, 5.74) is -0.735. The molecule has 0 aromatic carbocycles. The van der Waals surface area contributed by atoms with Crippen molar-refractivity contribution in [1.29, 1.82) is 0 Å². The van der Waals surface area contributed by atoms with Crippen molar-refractivity contribution >= 4 is 22.2 Å². The molecule has 1 amide bonds. The Hall–Kier alpha value is -1.35. The van der Waals surface area contributed by atoms with Crippen LogP contribution < -0.4 is 0 Å². The van der Waals surface area contributed by atoms with Crippen molar-refractivity contribution < 1.29 is 32.0 Å². The molecule has 1 heterocycles. The maximum absolute atomic E-state index is 12.0. The predicted molar refractivity (Wildman–Crippen MR) is 73.3 cm³/mol. The first-order valence-corrected chi connectivity index (χ1v) is 8.27. The highest BCUT2D eigenvalue weighted by Crippen LogP contribution is 2.26. The zero-order valence-electron chi connectivity index (χ0n) is 12.5. The lowest BCUT2D eigenvalue weighted by Gasteiger charge is -2.26. The summed E-state index contributed by atoms with van der Waals surface area (Å²) < 4.78 is 31.8. The highest BCUT2D eigenvalue weighted by atomic mass is 32.2. The van der Waals surface area contributed by atoms with Gasteiger partial charge in [0.2, 0.25) is 0 Å². The molecule has 1 N–H and O–H groups in total. The number of nitrogens with zero attached hydrogens (tertiary/aromatic N) is 1. The quantitative estimate of drug-likeness (QED) is 0.757. The number of ether oxygens (including phenoxy) is 1. The summed E-state index contributed by atoms with van der Waals surface area (Å²) in [6.45, 7) is 4.98. The fraction of sp³-hybridized carbons (Fsp3) is 0.833. The smallest absolute Gasteiger partial charge is 0.411 e. The largest absolute Gasteiger partial charge is 0.480 e. The van der Waals surface area contributed by atoms with Gasteiger partial charge in [-0.2, -0.15) is 8.42 Å².